The molecule has 0 radical (unpaired) electrons. The van der Waals surface area contributed by atoms with Crippen LogP contribution in [0.15, 0.2) is 72.9 Å². The molecule has 0 bridgehead atoms. The third kappa shape index (κ3) is 63.5. The smallest absolute Gasteiger partial charge is 0.268 e. The number of quaternary nitrogens is 1. The van der Waals surface area contributed by atoms with E-state index in [1.54, 1.807) is 6.08 Å². The maximum atomic E-state index is 13.0. The topological polar surface area (TPSA) is 108 Å². The van der Waals surface area contributed by atoms with E-state index in [1.165, 1.54) is 244 Å². The molecule has 0 heterocycles. The summed E-state index contributed by atoms with van der Waals surface area (Å²) in [5.74, 6) is -0.207. The summed E-state index contributed by atoms with van der Waals surface area (Å²) < 4.78 is 23.4. The normalized spacial score (nSPS) is 14.1. The Morgan fingerprint density at radius 3 is 1.10 bits per heavy atom. The van der Waals surface area contributed by atoms with Crippen molar-refractivity contribution in [2.75, 3.05) is 40.9 Å². The Labute approximate surface area is 497 Å². The zero-order valence-electron chi connectivity index (χ0n) is 53.5. The Morgan fingerprint density at radius 2 is 0.738 bits per heavy atom. The lowest BCUT2D eigenvalue weighted by Crippen LogP contribution is -2.45. The van der Waals surface area contributed by atoms with Crippen LogP contribution in [0.25, 0.3) is 0 Å². The van der Waals surface area contributed by atoms with Crippen molar-refractivity contribution in [2.24, 2.45) is 0 Å². The molecule has 0 aromatic rings. The van der Waals surface area contributed by atoms with Gasteiger partial charge in [-0.05, 0) is 83.5 Å². The number of hydrogen-bond donors (Lipinski definition) is 2. The Balaban J connectivity index is 3.93. The van der Waals surface area contributed by atoms with Gasteiger partial charge in [-0.25, -0.2) is 0 Å². The molecule has 3 unspecified atom stereocenters. The molecule has 9 heteroatoms. The van der Waals surface area contributed by atoms with Gasteiger partial charge in [0.15, 0.2) is 0 Å². The first-order valence-electron chi connectivity index (χ1n) is 34.3. The summed E-state index contributed by atoms with van der Waals surface area (Å²) in [4.78, 5) is 25.5. The molecule has 1 amide bonds. The summed E-state index contributed by atoms with van der Waals surface area (Å²) in [5.41, 5.74) is 0. The Hall–Kier alpha value is -2.06. The molecule has 0 rings (SSSR count). The van der Waals surface area contributed by atoms with Gasteiger partial charge in [-0.3, -0.25) is 9.36 Å². The molecule has 0 aromatic carbocycles. The molecule has 468 valence electrons. The molecule has 80 heavy (non-hydrogen) atoms. The van der Waals surface area contributed by atoms with Gasteiger partial charge in [0.05, 0.1) is 39.9 Å². The zero-order valence-corrected chi connectivity index (χ0v) is 54.4. The van der Waals surface area contributed by atoms with Crippen molar-refractivity contribution in [1.29, 1.82) is 0 Å². The van der Waals surface area contributed by atoms with Crippen LogP contribution in [0.3, 0.4) is 0 Å². The second kappa shape index (κ2) is 61.5. The first-order chi connectivity index (χ1) is 39.0. The lowest BCUT2D eigenvalue weighted by Gasteiger charge is -2.29. The van der Waals surface area contributed by atoms with E-state index in [4.69, 9.17) is 9.05 Å². The number of rotatable bonds is 63. The van der Waals surface area contributed by atoms with Crippen molar-refractivity contribution in [2.45, 2.75) is 334 Å². The number of phosphoric acid groups is 1. The number of amides is 1. The van der Waals surface area contributed by atoms with Crippen LogP contribution in [0.1, 0.15) is 322 Å². The number of carbonyl (C=O) groups is 1. The second-order valence-corrected chi connectivity index (χ2v) is 25.9. The fraction of sp³-hybridized carbons (Fsp3) is 0.817. The summed E-state index contributed by atoms with van der Waals surface area (Å²) in [7, 11) is 1.24. The van der Waals surface area contributed by atoms with E-state index in [0.29, 0.717) is 17.4 Å². The minimum atomic E-state index is -4.61. The zero-order chi connectivity index (χ0) is 58.4. The summed E-state index contributed by atoms with van der Waals surface area (Å²) in [6.45, 7) is 4.62. The quantitative estimate of drug-likeness (QED) is 0.0272. The van der Waals surface area contributed by atoms with Gasteiger partial charge in [0, 0.05) is 6.42 Å². The molecule has 3 atom stereocenters. The third-order valence-corrected chi connectivity index (χ3v) is 16.3. The highest BCUT2D eigenvalue weighted by molar-refractivity contribution is 7.45. The van der Waals surface area contributed by atoms with Gasteiger partial charge in [0.25, 0.3) is 7.82 Å². The SMILES string of the molecule is CCCCCCC/C=C\C/C=C\C/C=C\CCCCCCCCCCCCCCCCCCCCCCCCCCCCC(=O)NC(COP(=O)([O-])OCC[N+](C)(C)C)C(O)/C=C/CC/C=C/CC/C=C/CCCCCCCCC. The Morgan fingerprint density at radius 1 is 0.438 bits per heavy atom. The number of carbonyl (C=O) groups excluding carboxylic acids is 1. The lowest BCUT2D eigenvalue weighted by atomic mass is 10.0. The van der Waals surface area contributed by atoms with Crippen LogP contribution < -0.4 is 10.2 Å². The highest BCUT2D eigenvalue weighted by Crippen LogP contribution is 2.38. The van der Waals surface area contributed by atoms with Crippen LogP contribution in [0.2, 0.25) is 0 Å². The van der Waals surface area contributed by atoms with Gasteiger partial charge in [-0.2, -0.15) is 0 Å². The van der Waals surface area contributed by atoms with Crippen molar-refractivity contribution in [3.63, 3.8) is 0 Å². The first-order valence-corrected chi connectivity index (χ1v) is 35.8. The highest BCUT2D eigenvalue weighted by atomic mass is 31.2. The average molecular weight is 1140 g/mol. The van der Waals surface area contributed by atoms with Crippen LogP contribution in [0.5, 0.6) is 0 Å². The van der Waals surface area contributed by atoms with Crippen LogP contribution >= 0.6 is 7.82 Å². The minimum absolute atomic E-state index is 0.00917. The number of unbranched alkanes of at least 4 members (excludes halogenated alkanes) is 40. The number of allylic oxidation sites excluding steroid dienone is 11. The van der Waals surface area contributed by atoms with Gasteiger partial charge >= 0.3 is 0 Å². The lowest BCUT2D eigenvalue weighted by molar-refractivity contribution is -0.870. The number of aliphatic hydroxyl groups is 1. The van der Waals surface area contributed by atoms with E-state index in [9.17, 15) is 19.4 Å². The van der Waals surface area contributed by atoms with Crippen molar-refractivity contribution >= 4 is 13.7 Å². The number of nitrogens with one attached hydrogen (secondary N) is 1. The summed E-state index contributed by atoms with van der Waals surface area (Å²) >= 11 is 0. The number of likely N-dealkylation sites (N-methyl/N-ethyl adjacent to an activating group) is 1. The number of nitrogens with zero attached hydrogens (tertiary/aromatic N) is 1. The maximum absolute atomic E-state index is 13.0. The molecule has 0 aliphatic heterocycles. The molecule has 0 spiro atoms. The monoisotopic (exact) mass is 1140 g/mol. The molecule has 0 fully saturated rings. The van der Waals surface area contributed by atoms with Crippen molar-refractivity contribution in [3.05, 3.63) is 72.9 Å². The number of aliphatic hydroxyl groups excluding tert-OH is 1. The van der Waals surface area contributed by atoms with Crippen molar-refractivity contribution < 1.29 is 32.9 Å². The molecule has 0 saturated heterocycles. The fourth-order valence-electron chi connectivity index (χ4n) is 10.0. The number of phosphoric ester groups is 1. The van der Waals surface area contributed by atoms with Crippen LogP contribution in [0, 0.1) is 0 Å². The van der Waals surface area contributed by atoms with E-state index in [2.05, 4.69) is 79.9 Å². The molecule has 0 saturated carbocycles. The van der Waals surface area contributed by atoms with Gasteiger partial charge in [0.2, 0.25) is 5.91 Å². The summed E-state index contributed by atoms with van der Waals surface area (Å²) in [6.07, 6.45) is 86.1. The Kier molecular flexibility index (Phi) is 59.9. The van der Waals surface area contributed by atoms with Gasteiger partial charge in [-0.15, -0.1) is 0 Å². The molecule has 0 aliphatic carbocycles. The molecule has 8 nitrogen and oxygen atoms in total. The van der Waals surface area contributed by atoms with Crippen LogP contribution in [0.4, 0.5) is 0 Å². The Bertz CT molecular complexity index is 1530. The van der Waals surface area contributed by atoms with E-state index in [1.807, 2.05) is 27.2 Å². The summed E-state index contributed by atoms with van der Waals surface area (Å²) in [6, 6.07) is -0.911. The average Bonchev–Trinajstić information content (AvgIpc) is 3.42. The first kappa shape index (κ1) is 77.9. The standard InChI is InChI=1S/C71H133N2O6P/c1-6-8-10-12-14-16-18-20-22-24-25-26-27-28-29-30-31-32-33-34-35-36-37-38-39-40-41-42-43-44-45-46-47-49-51-53-55-57-59-61-63-65-71(75)72-69(68-79-80(76,77)78-67-66-73(3,4)5)70(74)64-62-60-58-56-54-52-50-48-23-21-19-17-15-13-11-9-7-2/h18,20,23-25,27-28,48,54,56,62,64,69-70,74H,6-17,19,21-22,26,29-47,49-53,55,57-61,63,65-68H2,1-5H3,(H-,72,75,76,77)/b20-18-,25-24-,28-27-,48-23+,56-54+,64-62+. The van der Waals surface area contributed by atoms with Crippen molar-refractivity contribution in [1.82, 2.24) is 5.32 Å². The van der Waals surface area contributed by atoms with E-state index in [0.717, 1.165) is 57.8 Å². The summed E-state index contributed by atoms with van der Waals surface area (Å²) in [5, 5.41) is 13.9. The van der Waals surface area contributed by atoms with Crippen LogP contribution in [-0.4, -0.2) is 68.5 Å². The molecule has 0 aliphatic rings. The molecular formula is C71H133N2O6P. The van der Waals surface area contributed by atoms with Gasteiger partial charge in [-0.1, -0.05) is 305 Å². The van der Waals surface area contributed by atoms with Gasteiger partial charge in [0.1, 0.15) is 13.2 Å². The minimum Gasteiger partial charge on any atom is -0.756 e. The predicted octanol–water partition coefficient (Wildman–Crippen LogP) is 21.1. The number of hydrogen-bond acceptors (Lipinski definition) is 6. The van der Waals surface area contributed by atoms with Crippen molar-refractivity contribution in [3.8, 4) is 0 Å². The highest BCUT2D eigenvalue weighted by Gasteiger charge is 2.23. The third-order valence-electron chi connectivity index (χ3n) is 15.4. The van der Waals surface area contributed by atoms with Gasteiger partial charge < -0.3 is 28.8 Å². The van der Waals surface area contributed by atoms with Crippen LogP contribution in [-0.2, 0) is 18.4 Å². The van der Waals surface area contributed by atoms with E-state index in [-0.39, 0.29) is 12.5 Å². The molecule has 0 aromatic heterocycles. The van der Waals surface area contributed by atoms with E-state index < -0.39 is 26.6 Å². The van der Waals surface area contributed by atoms with E-state index >= 15 is 0 Å². The molecular weight excluding hydrogens is 1010 g/mol. The molecule has 2 N–H and O–H groups in total. The maximum Gasteiger partial charge on any atom is 0.268 e. The fourth-order valence-corrected chi connectivity index (χ4v) is 10.7. The predicted molar refractivity (Wildman–Crippen MR) is 348 cm³/mol. The largest absolute Gasteiger partial charge is 0.756 e. The second-order valence-electron chi connectivity index (χ2n) is 24.5.